The second-order valence-electron chi connectivity index (χ2n) is 3.47. The van der Waals surface area contributed by atoms with Gasteiger partial charge in [0.2, 0.25) is 0 Å². The van der Waals surface area contributed by atoms with Crippen LogP contribution in [0.25, 0.3) is 11.3 Å². The van der Waals surface area contributed by atoms with E-state index in [9.17, 15) is 0 Å². The zero-order chi connectivity index (χ0) is 12.5. The fraction of sp³-hybridized carbons (Fsp3) is 0.133. The predicted octanol–water partition coefficient (Wildman–Crippen LogP) is 3.56. The molecule has 0 fully saturated rings. The summed E-state index contributed by atoms with van der Waals surface area (Å²) in [6.07, 6.45) is 1.81. The van der Waals surface area contributed by atoms with E-state index in [4.69, 9.17) is 0 Å². The summed E-state index contributed by atoms with van der Waals surface area (Å²) in [7, 11) is 3.12. The summed E-state index contributed by atoms with van der Waals surface area (Å²) in [5, 5.41) is 0. The quantitative estimate of drug-likeness (QED) is 0.696. The van der Waals surface area contributed by atoms with Crippen molar-refractivity contribution in [3.8, 4) is 11.3 Å². The van der Waals surface area contributed by atoms with E-state index in [1.54, 1.807) is 6.20 Å². The maximum Gasteiger partial charge on any atom is 3.00 e. The van der Waals surface area contributed by atoms with Crippen LogP contribution in [0.4, 0.5) is 0 Å². The van der Waals surface area contributed by atoms with Gasteiger partial charge in [0.1, 0.15) is 0 Å². The Kier molecular flexibility index (Phi) is 9.39. The zero-order valence-electron chi connectivity index (χ0n) is 10.3. The monoisotopic (exact) mass is 419 g/mol. The van der Waals surface area contributed by atoms with Crippen molar-refractivity contribution in [2.45, 2.75) is 13.0 Å². The number of ether oxygens (including phenoxy) is 1. The van der Waals surface area contributed by atoms with Crippen LogP contribution in [0.1, 0.15) is 6.92 Å². The second kappa shape index (κ2) is 9.95. The molecule has 1 heterocycles. The minimum Gasteiger partial charge on any atom is -0.578 e. The van der Waals surface area contributed by atoms with Gasteiger partial charge in [0.25, 0.3) is 0 Å². The molecule has 1 aromatic heterocycles. The first-order valence-electron chi connectivity index (χ1n) is 5.36. The average Bonchev–Trinajstić information content (AvgIpc) is 2.41. The Bertz CT molecular complexity index is 366. The van der Waals surface area contributed by atoms with E-state index in [1.807, 2.05) is 49.4 Å². The summed E-state index contributed by atoms with van der Waals surface area (Å²) < 4.78 is 4.39. The summed E-state index contributed by atoms with van der Waals surface area (Å²) in [4.78, 5) is 4.22. The van der Waals surface area contributed by atoms with Gasteiger partial charge in [-0.3, -0.25) is 0 Å². The molecule has 0 saturated carbocycles. The van der Waals surface area contributed by atoms with Crippen LogP contribution in [0.2, 0.25) is 0 Å². The fourth-order valence-electron chi connectivity index (χ4n) is 1.07. The molecule has 1 atom stereocenters. The first kappa shape index (κ1) is 17.0. The molecule has 2 nitrogen and oxygen atoms in total. The van der Waals surface area contributed by atoms with Gasteiger partial charge in [0.15, 0.2) is 0 Å². The number of rotatable bonds is 2. The molecule has 2 rings (SSSR count). The maximum atomic E-state index is 4.39. The van der Waals surface area contributed by atoms with E-state index < -0.39 is 0 Å². The molecule has 0 amide bonds. The summed E-state index contributed by atoms with van der Waals surface area (Å²) in [6, 6.07) is 16.8. The molecule has 1 aromatic carbocycles. The van der Waals surface area contributed by atoms with Crippen molar-refractivity contribution in [1.29, 1.82) is 0 Å². The largest absolute Gasteiger partial charge is 3.00 e. The zero-order valence-corrected chi connectivity index (χ0v) is 12.7. The molecule has 0 aliphatic carbocycles. The van der Waals surface area contributed by atoms with Gasteiger partial charge < -0.3 is 16.6 Å². The third-order valence-electron chi connectivity index (χ3n) is 1.93. The van der Waals surface area contributed by atoms with Crippen molar-refractivity contribution >= 4 is 0 Å². The number of hydrogen-bond acceptors (Lipinski definition) is 2. The van der Waals surface area contributed by atoms with Crippen LogP contribution >= 0.6 is 0 Å². The summed E-state index contributed by atoms with van der Waals surface area (Å²) in [5.41, 5.74) is 2.01. The Labute approximate surface area is 123 Å². The smallest absolute Gasteiger partial charge is 0.578 e. The molecule has 0 radical (unpaired) electrons. The van der Waals surface area contributed by atoms with Crippen LogP contribution in [0.3, 0.4) is 0 Å². The van der Waals surface area contributed by atoms with Crippen molar-refractivity contribution in [3.63, 3.8) is 0 Å². The summed E-state index contributed by atoms with van der Waals surface area (Å²) in [5.74, 6) is 0. The van der Waals surface area contributed by atoms with E-state index in [0.29, 0.717) is 0 Å². The van der Waals surface area contributed by atoms with Gasteiger partial charge in [-0.05, 0) is 11.8 Å². The van der Waals surface area contributed by atoms with Gasteiger partial charge in [0.05, 0.1) is 0 Å². The number of aromatic nitrogens is 1. The maximum absolute atomic E-state index is 4.39. The third-order valence-corrected chi connectivity index (χ3v) is 1.93. The van der Waals surface area contributed by atoms with Crippen molar-refractivity contribution in [2.75, 3.05) is 0 Å². The van der Waals surface area contributed by atoms with Crippen molar-refractivity contribution in [2.24, 2.45) is 0 Å². The Morgan fingerprint density at radius 2 is 1.89 bits per heavy atom. The van der Waals surface area contributed by atoms with Crippen LogP contribution in [0.5, 0.6) is 0 Å². The Balaban J connectivity index is 0.000000421. The second-order valence-corrected chi connectivity index (χ2v) is 3.47. The van der Waals surface area contributed by atoms with E-state index in [2.05, 4.69) is 29.8 Å². The Hall–Kier alpha value is -1.02. The molecule has 2 aromatic rings. The van der Waals surface area contributed by atoms with E-state index in [0.717, 1.165) is 11.3 Å². The van der Waals surface area contributed by atoms with Gasteiger partial charge in [-0.1, -0.05) is 19.1 Å². The first-order valence-corrected chi connectivity index (χ1v) is 5.36. The minimum absolute atomic E-state index is 0. The van der Waals surface area contributed by atoms with Gasteiger partial charge in [0, 0.05) is 6.20 Å². The molecule has 1 unspecified atom stereocenters. The number of nitrogens with zero attached hydrogens (tertiary/aromatic N) is 1. The normalized spacial score (nSPS) is 10.6. The van der Waals surface area contributed by atoms with Crippen LogP contribution < -0.4 is 0 Å². The molecule has 0 saturated heterocycles. The van der Waals surface area contributed by atoms with Gasteiger partial charge >= 0.3 is 20.1 Å². The topological polar surface area (TPSA) is 22.1 Å². The summed E-state index contributed by atoms with van der Waals surface area (Å²) in [6.45, 7) is 5.30. The average molecular weight is 419 g/mol. The standard InChI is InChI=1S/C11H8N.C4H8O.Ir/c1-2-6-10(7-3-1)11-8-4-5-9-12-11;1-4(2)5-3;/h1-6,8-9H;4H,1,3H2,2H3;/q-1;-2;+3. The molecule has 18 heavy (non-hydrogen) atoms. The van der Waals surface area contributed by atoms with Crippen LogP contribution in [-0.2, 0) is 24.8 Å². The predicted molar refractivity (Wildman–Crippen MR) is 69.8 cm³/mol. The molecule has 0 spiro atoms. The van der Waals surface area contributed by atoms with Crippen molar-refractivity contribution in [3.05, 3.63) is 68.8 Å². The molecule has 0 aliphatic rings. The van der Waals surface area contributed by atoms with Crippen molar-refractivity contribution in [1.82, 2.24) is 4.98 Å². The fourth-order valence-corrected chi connectivity index (χ4v) is 1.07. The van der Waals surface area contributed by atoms with E-state index in [-0.39, 0.29) is 26.2 Å². The van der Waals surface area contributed by atoms with Gasteiger partial charge in [-0.2, -0.15) is 0 Å². The van der Waals surface area contributed by atoms with E-state index in [1.165, 1.54) is 0 Å². The van der Waals surface area contributed by atoms with Gasteiger partial charge in [-0.25, -0.2) is 7.11 Å². The van der Waals surface area contributed by atoms with Gasteiger partial charge in [-0.15, -0.1) is 42.0 Å². The molecule has 0 bridgehead atoms. The minimum atomic E-state index is 0. The van der Waals surface area contributed by atoms with Crippen LogP contribution in [-0.4, -0.2) is 11.1 Å². The molecular formula is C15H16IrNO. The number of hydrogen-bond donors (Lipinski definition) is 0. The first-order chi connectivity index (χ1) is 8.24. The van der Waals surface area contributed by atoms with Crippen LogP contribution in [0, 0.1) is 20.1 Å². The molecule has 3 heteroatoms. The molecule has 0 aliphatic heterocycles. The Morgan fingerprint density at radius 3 is 2.33 bits per heavy atom. The number of benzene rings is 1. The van der Waals surface area contributed by atoms with E-state index >= 15 is 0 Å². The van der Waals surface area contributed by atoms with Crippen molar-refractivity contribution < 1.29 is 24.8 Å². The Morgan fingerprint density at radius 1 is 1.22 bits per heavy atom. The molecule has 0 N–H and O–H groups in total. The van der Waals surface area contributed by atoms with Crippen LogP contribution in [0.15, 0.2) is 48.7 Å². The number of pyridine rings is 1. The SMILES string of the molecule is [CH2-]OC([CH2-])C.[Ir+3].[c-]1ccccc1-c1ccccn1. The third kappa shape index (κ3) is 6.65. The molecular weight excluding hydrogens is 402 g/mol. The summed E-state index contributed by atoms with van der Waals surface area (Å²) >= 11 is 0. The molecule has 96 valence electrons.